The third kappa shape index (κ3) is 3.47. The van der Waals surface area contributed by atoms with Crippen LogP contribution in [0.3, 0.4) is 0 Å². The van der Waals surface area contributed by atoms with Crippen molar-refractivity contribution in [1.29, 1.82) is 0 Å². The molecular weight excluding hydrogens is 210 g/mol. The zero-order valence-corrected chi connectivity index (χ0v) is 9.54. The summed E-state index contributed by atoms with van der Waals surface area (Å²) >= 11 is 0. The van der Waals surface area contributed by atoms with Crippen molar-refractivity contribution in [1.82, 2.24) is 0 Å². The van der Waals surface area contributed by atoms with Crippen molar-refractivity contribution in [2.45, 2.75) is 6.42 Å². The SMILES string of the molecule is NOC(=Cc1ccccc1)Cc1ccccc1. The normalized spacial score (nSPS) is 11.2. The number of allylic oxidation sites excluding steroid dienone is 1. The summed E-state index contributed by atoms with van der Waals surface area (Å²) in [5, 5.41) is 0. The van der Waals surface area contributed by atoms with Crippen LogP contribution in [0.4, 0.5) is 0 Å². The summed E-state index contributed by atoms with van der Waals surface area (Å²) in [4.78, 5) is 4.92. The summed E-state index contributed by atoms with van der Waals surface area (Å²) in [7, 11) is 0. The fourth-order valence-corrected chi connectivity index (χ4v) is 1.66. The zero-order chi connectivity index (χ0) is 11.9. The van der Waals surface area contributed by atoms with E-state index in [1.165, 1.54) is 5.56 Å². The lowest BCUT2D eigenvalue weighted by Gasteiger charge is -2.05. The number of benzene rings is 2. The second-order valence-corrected chi connectivity index (χ2v) is 3.80. The van der Waals surface area contributed by atoms with Crippen molar-refractivity contribution >= 4 is 6.08 Å². The van der Waals surface area contributed by atoms with Crippen LogP contribution in [0.5, 0.6) is 0 Å². The Balaban J connectivity index is 2.15. The van der Waals surface area contributed by atoms with Crippen LogP contribution in [0.25, 0.3) is 6.08 Å². The third-order valence-electron chi connectivity index (χ3n) is 2.50. The molecule has 0 heterocycles. The van der Waals surface area contributed by atoms with E-state index < -0.39 is 0 Å². The minimum atomic E-state index is 0.701. The molecule has 0 fully saturated rings. The van der Waals surface area contributed by atoms with Crippen molar-refractivity contribution in [2.75, 3.05) is 0 Å². The van der Waals surface area contributed by atoms with Gasteiger partial charge in [0, 0.05) is 6.42 Å². The highest BCUT2D eigenvalue weighted by atomic mass is 16.6. The van der Waals surface area contributed by atoms with E-state index in [-0.39, 0.29) is 0 Å². The largest absolute Gasteiger partial charge is 0.416 e. The molecule has 2 heteroatoms. The molecule has 0 radical (unpaired) electrons. The van der Waals surface area contributed by atoms with Crippen molar-refractivity contribution < 1.29 is 4.84 Å². The second-order valence-electron chi connectivity index (χ2n) is 3.80. The molecule has 86 valence electrons. The average molecular weight is 225 g/mol. The summed E-state index contributed by atoms with van der Waals surface area (Å²) < 4.78 is 0. The molecule has 0 bridgehead atoms. The Morgan fingerprint density at radius 3 is 2.12 bits per heavy atom. The van der Waals surface area contributed by atoms with Gasteiger partial charge in [0.2, 0.25) is 0 Å². The van der Waals surface area contributed by atoms with E-state index >= 15 is 0 Å². The van der Waals surface area contributed by atoms with E-state index in [0.29, 0.717) is 6.42 Å². The molecule has 0 spiro atoms. The van der Waals surface area contributed by atoms with Gasteiger partial charge in [-0.3, -0.25) is 0 Å². The van der Waals surface area contributed by atoms with Crippen LogP contribution in [-0.2, 0) is 11.3 Å². The van der Waals surface area contributed by atoms with Gasteiger partial charge in [-0.25, -0.2) is 0 Å². The van der Waals surface area contributed by atoms with Gasteiger partial charge in [0.1, 0.15) is 5.76 Å². The molecule has 17 heavy (non-hydrogen) atoms. The van der Waals surface area contributed by atoms with Gasteiger partial charge < -0.3 is 4.84 Å². The molecule has 0 atom stereocenters. The van der Waals surface area contributed by atoms with Crippen LogP contribution in [-0.4, -0.2) is 0 Å². The van der Waals surface area contributed by atoms with Gasteiger partial charge in [0.15, 0.2) is 0 Å². The molecule has 0 aliphatic rings. The molecule has 2 nitrogen and oxygen atoms in total. The fraction of sp³-hybridized carbons (Fsp3) is 0.0667. The smallest absolute Gasteiger partial charge is 0.128 e. The minimum absolute atomic E-state index is 0.701. The molecule has 0 amide bonds. The van der Waals surface area contributed by atoms with E-state index in [1.807, 2.05) is 54.6 Å². The highest BCUT2D eigenvalue weighted by Crippen LogP contribution is 2.12. The molecule has 0 saturated heterocycles. The van der Waals surface area contributed by atoms with Gasteiger partial charge in [-0.1, -0.05) is 60.7 Å². The van der Waals surface area contributed by atoms with Crippen molar-refractivity contribution in [3.05, 3.63) is 77.5 Å². The molecule has 0 unspecified atom stereocenters. The first-order chi connectivity index (χ1) is 8.38. The van der Waals surface area contributed by atoms with Gasteiger partial charge >= 0.3 is 0 Å². The predicted octanol–water partition coefficient (Wildman–Crippen LogP) is 3.16. The molecule has 2 N–H and O–H groups in total. The average Bonchev–Trinajstić information content (AvgIpc) is 2.40. The molecule has 0 aromatic heterocycles. The van der Waals surface area contributed by atoms with E-state index in [2.05, 4.69) is 12.1 Å². The van der Waals surface area contributed by atoms with Crippen molar-refractivity contribution in [3.63, 3.8) is 0 Å². The third-order valence-corrected chi connectivity index (χ3v) is 2.50. The Hall–Kier alpha value is -2.06. The molecule has 0 aliphatic carbocycles. The van der Waals surface area contributed by atoms with Crippen LogP contribution in [0.1, 0.15) is 11.1 Å². The number of hydrogen-bond acceptors (Lipinski definition) is 2. The topological polar surface area (TPSA) is 35.2 Å². The highest BCUT2D eigenvalue weighted by molar-refractivity contribution is 5.51. The molecule has 2 aromatic carbocycles. The Morgan fingerprint density at radius 1 is 0.941 bits per heavy atom. The first-order valence-electron chi connectivity index (χ1n) is 5.55. The summed E-state index contributed by atoms with van der Waals surface area (Å²) in [5.41, 5.74) is 2.27. The lowest BCUT2D eigenvalue weighted by molar-refractivity contribution is 0.218. The van der Waals surface area contributed by atoms with E-state index in [1.54, 1.807) is 0 Å². The fourth-order valence-electron chi connectivity index (χ4n) is 1.66. The Kier molecular flexibility index (Phi) is 3.95. The summed E-state index contributed by atoms with van der Waals surface area (Å²) in [5.74, 6) is 6.05. The van der Waals surface area contributed by atoms with Gasteiger partial charge in [0.25, 0.3) is 0 Å². The molecular formula is C15H15NO. The highest BCUT2D eigenvalue weighted by Gasteiger charge is 2.00. The van der Waals surface area contributed by atoms with Crippen molar-refractivity contribution in [2.24, 2.45) is 5.90 Å². The van der Waals surface area contributed by atoms with Gasteiger partial charge in [-0.15, -0.1) is 0 Å². The predicted molar refractivity (Wildman–Crippen MR) is 69.8 cm³/mol. The quantitative estimate of drug-likeness (QED) is 0.640. The van der Waals surface area contributed by atoms with Crippen LogP contribution in [0, 0.1) is 0 Å². The maximum Gasteiger partial charge on any atom is 0.128 e. The van der Waals surface area contributed by atoms with Crippen LogP contribution < -0.4 is 5.90 Å². The summed E-state index contributed by atoms with van der Waals surface area (Å²) in [6.45, 7) is 0. The Labute approximate surface area is 101 Å². The number of rotatable bonds is 4. The first-order valence-corrected chi connectivity index (χ1v) is 5.55. The van der Waals surface area contributed by atoms with Crippen LogP contribution >= 0.6 is 0 Å². The maximum absolute atomic E-state index is 5.30. The maximum atomic E-state index is 5.30. The second kappa shape index (κ2) is 5.87. The molecule has 0 saturated carbocycles. The minimum Gasteiger partial charge on any atom is -0.416 e. The van der Waals surface area contributed by atoms with Gasteiger partial charge in [-0.05, 0) is 17.2 Å². The van der Waals surface area contributed by atoms with Gasteiger partial charge in [0.05, 0.1) is 0 Å². The lowest BCUT2D eigenvalue weighted by atomic mass is 10.1. The monoisotopic (exact) mass is 225 g/mol. The van der Waals surface area contributed by atoms with E-state index in [0.717, 1.165) is 11.3 Å². The Bertz CT molecular complexity index is 477. The van der Waals surface area contributed by atoms with Crippen LogP contribution in [0.15, 0.2) is 66.4 Å². The summed E-state index contributed by atoms with van der Waals surface area (Å²) in [6.07, 6.45) is 2.65. The van der Waals surface area contributed by atoms with E-state index in [4.69, 9.17) is 10.7 Å². The molecule has 0 aliphatic heterocycles. The summed E-state index contributed by atoms with van der Waals surface area (Å²) in [6, 6.07) is 20.1. The van der Waals surface area contributed by atoms with Gasteiger partial charge in [-0.2, -0.15) is 5.90 Å². The zero-order valence-electron chi connectivity index (χ0n) is 9.54. The van der Waals surface area contributed by atoms with Crippen LogP contribution in [0.2, 0.25) is 0 Å². The van der Waals surface area contributed by atoms with Crippen molar-refractivity contribution in [3.8, 4) is 0 Å². The first kappa shape index (κ1) is 11.4. The molecule has 2 rings (SSSR count). The lowest BCUT2D eigenvalue weighted by Crippen LogP contribution is -2.02. The molecule has 2 aromatic rings. The Morgan fingerprint density at radius 2 is 1.53 bits per heavy atom. The number of nitrogens with two attached hydrogens (primary N) is 1. The van der Waals surface area contributed by atoms with E-state index in [9.17, 15) is 0 Å². The number of hydrogen-bond donors (Lipinski definition) is 1. The standard InChI is InChI=1S/C15H15NO/c16-17-15(11-13-7-3-1-4-8-13)12-14-9-5-2-6-10-14/h1-11H,12,16H2.